The number of nitrogens with one attached hydrogen (secondary N) is 2. The second-order valence-electron chi connectivity index (χ2n) is 5.95. The second-order valence-corrected chi connectivity index (χ2v) is 6.87. The summed E-state index contributed by atoms with van der Waals surface area (Å²) >= 11 is 3.34. The molecule has 0 aliphatic carbocycles. The summed E-state index contributed by atoms with van der Waals surface area (Å²) in [6, 6.07) is 12.2. The van der Waals surface area contributed by atoms with Crippen molar-refractivity contribution in [2.45, 2.75) is 6.92 Å². The van der Waals surface area contributed by atoms with Gasteiger partial charge in [0.15, 0.2) is 23.8 Å². The third-order valence-corrected chi connectivity index (χ3v) is 4.47. The average molecular weight is 475 g/mol. The maximum Gasteiger partial charge on any atom is 0.361 e. The maximum absolute atomic E-state index is 12.1. The first-order valence-corrected chi connectivity index (χ1v) is 9.75. The molecule has 30 heavy (non-hydrogen) atoms. The highest BCUT2D eigenvalue weighted by Gasteiger charge is 2.20. The van der Waals surface area contributed by atoms with E-state index in [9.17, 15) is 9.59 Å². The van der Waals surface area contributed by atoms with Crippen LogP contribution < -0.4 is 14.8 Å². The van der Waals surface area contributed by atoms with Gasteiger partial charge in [0.05, 0.1) is 13.7 Å². The SMILES string of the molecule is CCOC(=O)c1n[nH]nc1-c1ccc(OCC(=O)Nc2ccc(Br)cc2)c(OC)c1. The lowest BCUT2D eigenvalue weighted by atomic mass is 10.1. The Morgan fingerprint density at radius 2 is 1.87 bits per heavy atom. The Balaban J connectivity index is 1.70. The number of halogens is 1. The number of benzene rings is 2. The van der Waals surface area contributed by atoms with Crippen LogP contribution in [-0.2, 0) is 9.53 Å². The van der Waals surface area contributed by atoms with Crippen LogP contribution in [0.2, 0.25) is 0 Å². The van der Waals surface area contributed by atoms with E-state index in [1.807, 2.05) is 12.1 Å². The number of amides is 1. The first-order valence-electron chi connectivity index (χ1n) is 8.96. The summed E-state index contributed by atoms with van der Waals surface area (Å²) in [6.07, 6.45) is 0. The largest absolute Gasteiger partial charge is 0.493 e. The zero-order valence-electron chi connectivity index (χ0n) is 16.3. The minimum atomic E-state index is -0.579. The molecule has 0 radical (unpaired) electrons. The van der Waals surface area contributed by atoms with Crippen molar-refractivity contribution in [3.63, 3.8) is 0 Å². The van der Waals surface area contributed by atoms with Gasteiger partial charge in [-0.1, -0.05) is 15.9 Å². The van der Waals surface area contributed by atoms with E-state index in [0.717, 1.165) is 4.47 Å². The Labute approximate surface area is 180 Å². The monoisotopic (exact) mass is 474 g/mol. The van der Waals surface area contributed by atoms with Crippen molar-refractivity contribution >= 4 is 33.5 Å². The smallest absolute Gasteiger partial charge is 0.361 e. The molecular weight excluding hydrogens is 456 g/mol. The van der Waals surface area contributed by atoms with Gasteiger partial charge < -0.3 is 19.5 Å². The molecule has 0 atom stereocenters. The number of ether oxygens (including phenoxy) is 3. The number of anilines is 1. The van der Waals surface area contributed by atoms with Crippen LogP contribution in [0.3, 0.4) is 0 Å². The van der Waals surface area contributed by atoms with E-state index >= 15 is 0 Å². The number of H-pyrrole nitrogens is 1. The van der Waals surface area contributed by atoms with Gasteiger partial charge in [-0.25, -0.2) is 4.79 Å². The molecule has 0 fully saturated rings. The zero-order valence-corrected chi connectivity index (χ0v) is 17.9. The molecule has 0 aliphatic rings. The Morgan fingerprint density at radius 3 is 2.57 bits per heavy atom. The lowest BCUT2D eigenvalue weighted by Gasteiger charge is -2.12. The number of nitrogens with zero attached hydrogens (tertiary/aromatic N) is 2. The van der Waals surface area contributed by atoms with Crippen molar-refractivity contribution < 1.29 is 23.8 Å². The zero-order chi connectivity index (χ0) is 21.5. The Morgan fingerprint density at radius 1 is 1.10 bits per heavy atom. The summed E-state index contributed by atoms with van der Waals surface area (Å²) < 4.78 is 16.9. The number of aromatic nitrogens is 3. The maximum atomic E-state index is 12.1. The summed E-state index contributed by atoms with van der Waals surface area (Å²) in [5, 5.41) is 13.0. The fourth-order valence-corrected chi connectivity index (χ4v) is 2.85. The number of carbonyl (C=O) groups is 2. The van der Waals surface area contributed by atoms with Crippen LogP contribution >= 0.6 is 15.9 Å². The van der Waals surface area contributed by atoms with Gasteiger partial charge >= 0.3 is 5.97 Å². The van der Waals surface area contributed by atoms with Gasteiger partial charge in [-0.05, 0) is 49.4 Å². The number of hydrogen-bond donors (Lipinski definition) is 2. The van der Waals surface area contributed by atoms with Gasteiger partial charge in [0, 0.05) is 15.7 Å². The molecule has 0 spiro atoms. The average Bonchev–Trinajstić information content (AvgIpc) is 3.24. The normalized spacial score (nSPS) is 10.4. The van der Waals surface area contributed by atoms with Gasteiger partial charge in [0.2, 0.25) is 0 Å². The molecule has 0 saturated heterocycles. The lowest BCUT2D eigenvalue weighted by Crippen LogP contribution is -2.20. The molecule has 2 aromatic carbocycles. The van der Waals surface area contributed by atoms with E-state index < -0.39 is 5.97 Å². The summed E-state index contributed by atoms with van der Waals surface area (Å²) in [7, 11) is 1.48. The molecule has 3 aromatic rings. The van der Waals surface area contributed by atoms with Gasteiger partial charge in [-0.15, -0.1) is 5.10 Å². The Bertz CT molecular complexity index is 1040. The van der Waals surface area contributed by atoms with E-state index in [2.05, 4.69) is 36.7 Å². The molecular formula is C20H19BrN4O5. The molecule has 1 heterocycles. The van der Waals surface area contributed by atoms with E-state index in [1.54, 1.807) is 37.3 Å². The topological polar surface area (TPSA) is 115 Å². The van der Waals surface area contributed by atoms with Crippen LogP contribution in [0.5, 0.6) is 11.5 Å². The third-order valence-electron chi connectivity index (χ3n) is 3.94. The number of esters is 1. The number of aromatic amines is 1. The highest BCUT2D eigenvalue weighted by Crippen LogP contribution is 2.32. The van der Waals surface area contributed by atoms with Crippen LogP contribution in [-0.4, -0.2) is 47.6 Å². The van der Waals surface area contributed by atoms with E-state index in [-0.39, 0.29) is 24.8 Å². The van der Waals surface area contributed by atoms with Crippen molar-refractivity contribution in [2.75, 3.05) is 25.6 Å². The number of carbonyl (C=O) groups excluding carboxylic acids is 2. The Hall–Kier alpha value is -3.40. The van der Waals surface area contributed by atoms with Crippen molar-refractivity contribution in [3.8, 4) is 22.8 Å². The fraction of sp³-hybridized carbons (Fsp3) is 0.200. The standard InChI is InChI=1S/C20H19BrN4O5/c1-3-29-20(27)19-18(23-25-24-19)12-4-9-15(16(10-12)28-2)30-11-17(26)22-14-7-5-13(21)6-8-14/h4-10H,3,11H2,1-2H3,(H,22,26)(H,23,24,25). The van der Waals surface area contributed by atoms with Crippen molar-refractivity contribution in [3.05, 3.63) is 52.6 Å². The molecule has 0 bridgehead atoms. The van der Waals surface area contributed by atoms with Gasteiger partial charge in [0.25, 0.3) is 5.91 Å². The van der Waals surface area contributed by atoms with Crippen LogP contribution in [0.15, 0.2) is 46.9 Å². The predicted octanol–water partition coefficient (Wildman–Crippen LogP) is 3.44. The second kappa shape index (κ2) is 9.88. The van der Waals surface area contributed by atoms with Crippen molar-refractivity contribution in [2.24, 2.45) is 0 Å². The summed E-state index contributed by atoms with van der Waals surface area (Å²) in [6.45, 7) is 1.73. The number of methoxy groups -OCH3 is 1. The van der Waals surface area contributed by atoms with E-state index in [0.29, 0.717) is 28.4 Å². The number of rotatable bonds is 8. The van der Waals surface area contributed by atoms with Crippen molar-refractivity contribution in [1.29, 1.82) is 0 Å². The minimum absolute atomic E-state index is 0.0708. The molecule has 0 unspecified atom stereocenters. The molecule has 2 N–H and O–H groups in total. The van der Waals surface area contributed by atoms with Crippen LogP contribution in [0, 0.1) is 0 Å². The molecule has 0 aliphatic heterocycles. The predicted molar refractivity (Wildman–Crippen MR) is 113 cm³/mol. The fourth-order valence-electron chi connectivity index (χ4n) is 2.58. The van der Waals surface area contributed by atoms with Crippen LogP contribution in [0.25, 0.3) is 11.3 Å². The minimum Gasteiger partial charge on any atom is -0.493 e. The first kappa shape index (κ1) is 21.3. The van der Waals surface area contributed by atoms with Crippen LogP contribution in [0.4, 0.5) is 5.69 Å². The summed E-state index contributed by atoms with van der Waals surface area (Å²) in [4.78, 5) is 24.2. The molecule has 156 valence electrons. The van der Waals surface area contributed by atoms with Crippen molar-refractivity contribution in [1.82, 2.24) is 15.4 Å². The number of hydrogen-bond acceptors (Lipinski definition) is 7. The molecule has 9 nitrogen and oxygen atoms in total. The van der Waals surface area contributed by atoms with E-state index in [1.165, 1.54) is 7.11 Å². The van der Waals surface area contributed by atoms with Gasteiger partial charge in [-0.3, -0.25) is 4.79 Å². The highest BCUT2D eigenvalue weighted by atomic mass is 79.9. The molecule has 1 amide bonds. The Kier molecular flexibility index (Phi) is 7.02. The van der Waals surface area contributed by atoms with Gasteiger partial charge in [0.1, 0.15) is 5.69 Å². The van der Waals surface area contributed by atoms with Crippen LogP contribution in [0.1, 0.15) is 17.4 Å². The summed E-state index contributed by atoms with van der Waals surface area (Å²) in [5.74, 6) is -0.148. The molecule has 10 heteroatoms. The first-order chi connectivity index (χ1) is 14.5. The summed E-state index contributed by atoms with van der Waals surface area (Å²) in [5.41, 5.74) is 1.63. The third kappa shape index (κ3) is 5.15. The lowest BCUT2D eigenvalue weighted by molar-refractivity contribution is -0.118. The molecule has 3 rings (SSSR count). The molecule has 0 saturated carbocycles. The molecule has 1 aromatic heterocycles. The van der Waals surface area contributed by atoms with Gasteiger partial charge in [-0.2, -0.15) is 10.3 Å². The highest BCUT2D eigenvalue weighted by molar-refractivity contribution is 9.10. The van der Waals surface area contributed by atoms with E-state index in [4.69, 9.17) is 14.2 Å². The quantitative estimate of drug-likeness (QED) is 0.480.